The third-order valence-electron chi connectivity index (χ3n) is 6.60. The van der Waals surface area contributed by atoms with Crippen LogP contribution in [0.15, 0.2) is 82.4 Å². The number of hydrogen-bond donors (Lipinski definition) is 1. The van der Waals surface area contributed by atoms with Crippen LogP contribution in [0.25, 0.3) is 5.70 Å². The van der Waals surface area contributed by atoms with Crippen molar-refractivity contribution in [1.82, 2.24) is 14.8 Å². The number of rotatable bonds is 4. The van der Waals surface area contributed by atoms with E-state index in [4.69, 9.17) is 14.8 Å². The van der Waals surface area contributed by atoms with Gasteiger partial charge in [0.15, 0.2) is 0 Å². The normalized spacial score (nSPS) is 18.3. The van der Waals surface area contributed by atoms with Crippen molar-refractivity contribution in [3.63, 3.8) is 0 Å². The smallest absolute Gasteiger partial charge is 0.227 e. The van der Waals surface area contributed by atoms with Gasteiger partial charge in [0, 0.05) is 16.0 Å². The number of nitrogens with zero attached hydrogens (tertiary/aromatic N) is 3. The highest BCUT2D eigenvalue weighted by Gasteiger charge is 2.41. The number of fused-ring (bicyclic) bond motifs is 3. The second kappa shape index (κ2) is 8.81. The number of thioether (sulfide) groups is 2. The van der Waals surface area contributed by atoms with Crippen LogP contribution in [-0.4, -0.2) is 27.3 Å². The Morgan fingerprint density at radius 2 is 1.57 bits per heavy atom. The van der Waals surface area contributed by atoms with E-state index in [1.807, 2.05) is 10.9 Å². The van der Waals surface area contributed by atoms with Crippen molar-refractivity contribution < 1.29 is 4.74 Å². The molecule has 4 aromatic rings. The van der Waals surface area contributed by atoms with Crippen molar-refractivity contribution in [2.24, 2.45) is 0 Å². The maximum absolute atomic E-state index is 6.77. The Morgan fingerprint density at radius 3 is 2.29 bits per heavy atom. The van der Waals surface area contributed by atoms with Gasteiger partial charge in [-0.2, -0.15) is 4.98 Å². The SMILES string of the molecule is CSc1ccc([C@H]2Oc3ccc(C)cc3C3=C2[C@@H](c2ccc(C)cc2)n2nc(SC)nc2N3)cc1. The molecule has 2 aliphatic rings. The Balaban J connectivity index is 1.62. The van der Waals surface area contributed by atoms with Gasteiger partial charge in [-0.05, 0) is 61.8 Å². The molecule has 2 atom stereocenters. The zero-order chi connectivity index (χ0) is 24.1. The van der Waals surface area contributed by atoms with Crippen molar-refractivity contribution in [2.45, 2.75) is 36.0 Å². The first-order valence-electron chi connectivity index (χ1n) is 11.6. The summed E-state index contributed by atoms with van der Waals surface area (Å²) in [5, 5.41) is 9.27. The molecule has 3 aromatic carbocycles. The molecule has 0 radical (unpaired) electrons. The molecule has 0 amide bonds. The molecular formula is C28H26N4OS2. The minimum absolute atomic E-state index is 0.144. The van der Waals surface area contributed by atoms with Crippen LogP contribution in [0.5, 0.6) is 5.75 Å². The molecule has 2 aliphatic heterocycles. The molecule has 0 spiro atoms. The number of nitrogens with one attached hydrogen (secondary N) is 1. The Labute approximate surface area is 214 Å². The van der Waals surface area contributed by atoms with Crippen molar-refractivity contribution in [2.75, 3.05) is 17.8 Å². The summed E-state index contributed by atoms with van der Waals surface area (Å²) in [5.41, 5.74) is 7.97. The Kier molecular flexibility index (Phi) is 5.61. The van der Waals surface area contributed by atoms with Crippen LogP contribution in [0, 0.1) is 13.8 Å². The second-order valence-electron chi connectivity index (χ2n) is 8.91. The van der Waals surface area contributed by atoms with E-state index >= 15 is 0 Å². The molecule has 0 fully saturated rings. The minimum atomic E-state index is -0.259. The Bertz CT molecular complexity index is 1440. The molecule has 0 saturated heterocycles. The van der Waals surface area contributed by atoms with E-state index in [9.17, 15) is 0 Å². The fraction of sp³-hybridized carbons (Fsp3) is 0.214. The molecular weight excluding hydrogens is 472 g/mol. The molecule has 3 heterocycles. The molecule has 35 heavy (non-hydrogen) atoms. The third kappa shape index (κ3) is 3.83. The average molecular weight is 499 g/mol. The summed E-state index contributed by atoms with van der Waals surface area (Å²) in [6.45, 7) is 4.23. The predicted molar refractivity (Wildman–Crippen MR) is 144 cm³/mol. The topological polar surface area (TPSA) is 52.0 Å². The molecule has 7 heteroatoms. The largest absolute Gasteiger partial charge is 0.480 e. The molecule has 6 rings (SSSR count). The van der Waals surface area contributed by atoms with Crippen molar-refractivity contribution >= 4 is 35.2 Å². The molecule has 0 aliphatic carbocycles. The van der Waals surface area contributed by atoms with E-state index in [-0.39, 0.29) is 12.1 Å². The van der Waals surface area contributed by atoms with Crippen LogP contribution in [-0.2, 0) is 0 Å². The first-order chi connectivity index (χ1) is 17.1. The number of hydrogen-bond acceptors (Lipinski definition) is 6. The van der Waals surface area contributed by atoms with Crippen LogP contribution in [0.1, 0.15) is 40.0 Å². The van der Waals surface area contributed by atoms with Crippen LogP contribution < -0.4 is 10.1 Å². The van der Waals surface area contributed by atoms with Gasteiger partial charge in [0.1, 0.15) is 17.9 Å². The van der Waals surface area contributed by atoms with E-state index in [1.54, 1.807) is 23.5 Å². The van der Waals surface area contributed by atoms with E-state index in [0.717, 1.165) is 44.8 Å². The summed E-state index contributed by atoms with van der Waals surface area (Å²) in [4.78, 5) is 6.03. The molecule has 1 N–H and O–H groups in total. The van der Waals surface area contributed by atoms with Crippen molar-refractivity contribution in [1.29, 1.82) is 0 Å². The van der Waals surface area contributed by atoms with Gasteiger partial charge in [-0.25, -0.2) is 4.68 Å². The van der Waals surface area contributed by atoms with Crippen molar-refractivity contribution in [3.8, 4) is 5.75 Å². The van der Waals surface area contributed by atoms with E-state index in [1.165, 1.54) is 16.0 Å². The molecule has 176 valence electrons. The van der Waals surface area contributed by atoms with Gasteiger partial charge < -0.3 is 10.1 Å². The van der Waals surface area contributed by atoms with Crippen molar-refractivity contribution in [3.05, 3.63) is 100 Å². The Morgan fingerprint density at radius 1 is 0.857 bits per heavy atom. The average Bonchev–Trinajstić information content (AvgIpc) is 3.31. The van der Waals surface area contributed by atoms with Gasteiger partial charge in [-0.1, -0.05) is 65.4 Å². The Hall–Kier alpha value is -3.16. The van der Waals surface area contributed by atoms with Gasteiger partial charge in [0.25, 0.3) is 0 Å². The highest BCUT2D eigenvalue weighted by Crippen LogP contribution is 2.51. The maximum Gasteiger partial charge on any atom is 0.227 e. The highest BCUT2D eigenvalue weighted by atomic mass is 32.2. The lowest BCUT2D eigenvalue weighted by atomic mass is 9.84. The zero-order valence-corrected chi connectivity index (χ0v) is 21.7. The highest BCUT2D eigenvalue weighted by molar-refractivity contribution is 7.98. The number of ether oxygens (including phenoxy) is 1. The summed E-state index contributed by atoms with van der Waals surface area (Å²) in [5.74, 6) is 1.63. The lowest BCUT2D eigenvalue weighted by molar-refractivity contribution is 0.223. The number of benzene rings is 3. The fourth-order valence-corrected chi connectivity index (χ4v) is 5.59. The van der Waals surface area contributed by atoms with Gasteiger partial charge in [-0.15, -0.1) is 16.9 Å². The minimum Gasteiger partial charge on any atom is -0.480 e. The first kappa shape index (κ1) is 22.3. The quantitative estimate of drug-likeness (QED) is 0.309. The van der Waals surface area contributed by atoms with Crippen LogP contribution in [0.3, 0.4) is 0 Å². The van der Waals surface area contributed by atoms with Crippen LogP contribution in [0.4, 0.5) is 5.95 Å². The van der Waals surface area contributed by atoms with E-state index in [2.05, 4.69) is 92.2 Å². The maximum atomic E-state index is 6.77. The summed E-state index contributed by atoms with van der Waals surface area (Å²) < 4.78 is 8.78. The predicted octanol–water partition coefficient (Wildman–Crippen LogP) is 6.90. The third-order valence-corrected chi connectivity index (χ3v) is 7.88. The number of aromatic nitrogens is 3. The number of aryl methyl sites for hydroxylation is 2. The zero-order valence-electron chi connectivity index (χ0n) is 20.1. The number of anilines is 1. The van der Waals surface area contributed by atoms with Crippen LogP contribution >= 0.6 is 23.5 Å². The molecule has 0 saturated carbocycles. The standard InChI is InChI=1S/C28H26N4OS2/c1-16-5-8-18(9-6-16)25-23-24(29-27-30-28(35-4)31-32(25)27)21-15-17(2)7-14-22(21)33-26(23)19-10-12-20(34-3)13-11-19/h5-15,25-26H,1-4H3,(H,29,30,31)/t25-,26-/m1/s1. The first-order valence-corrected chi connectivity index (χ1v) is 14.0. The molecule has 0 bridgehead atoms. The fourth-order valence-electron chi connectivity index (χ4n) is 4.83. The summed E-state index contributed by atoms with van der Waals surface area (Å²) in [6, 6.07) is 23.6. The van der Waals surface area contributed by atoms with E-state index in [0.29, 0.717) is 0 Å². The van der Waals surface area contributed by atoms with Gasteiger partial charge in [0.05, 0.1) is 5.70 Å². The summed E-state index contributed by atoms with van der Waals surface area (Å²) in [7, 11) is 0. The summed E-state index contributed by atoms with van der Waals surface area (Å²) in [6.07, 6.45) is 3.84. The summed E-state index contributed by atoms with van der Waals surface area (Å²) >= 11 is 3.29. The van der Waals surface area contributed by atoms with Gasteiger partial charge >= 0.3 is 0 Å². The monoisotopic (exact) mass is 498 g/mol. The van der Waals surface area contributed by atoms with E-state index < -0.39 is 0 Å². The lowest BCUT2D eigenvalue weighted by Crippen LogP contribution is -2.32. The second-order valence-corrected chi connectivity index (χ2v) is 10.6. The van der Waals surface area contributed by atoms with Crippen LogP contribution in [0.2, 0.25) is 0 Å². The lowest BCUT2D eigenvalue weighted by Gasteiger charge is -2.39. The molecule has 5 nitrogen and oxygen atoms in total. The van der Waals surface area contributed by atoms with Gasteiger partial charge in [-0.3, -0.25) is 0 Å². The van der Waals surface area contributed by atoms with Gasteiger partial charge in [0.2, 0.25) is 11.1 Å². The molecule has 1 aromatic heterocycles. The molecule has 0 unspecified atom stereocenters.